The zero-order valence-electron chi connectivity index (χ0n) is 11.8. The first-order valence-electron chi connectivity index (χ1n) is 6.73. The molecule has 106 valence electrons. The van der Waals surface area contributed by atoms with Gasteiger partial charge in [0.1, 0.15) is 5.75 Å². The van der Waals surface area contributed by atoms with Gasteiger partial charge in [-0.15, -0.1) is 0 Å². The smallest absolute Gasteiger partial charge is 0.223 e. The van der Waals surface area contributed by atoms with Crippen molar-refractivity contribution in [3.8, 4) is 11.6 Å². The Morgan fingerprint density at radius 1 is 1.20 bits per heavy atom. The fourth-order valence-corrected chi connectivity index (χ4v) is 2.12. The summed E-state index contributed by atoms with van der Waals surface area (Å²) < 4.78 is 7.06. The average Bonchev–Trinajstić information content (AvgIpc) is 2.43. The summed E-state index contributed by atoms with van der Waals surface area (Å²) in [5.41, 5.74) is 1.08. The van der Waals surface area contributed by atoms with E-state index < -0.39 is 0 Å². The molecule has 20 heavy (non-hydrogen) atoms. The van der Waals surface area contributed by atoms with Gasteiger partial charge in [0.05, 0.1) is 0 Å². The minimum Gasteiger partial charge on any atom is -0.439 e. The fraction of sp³-hybridized carbons (Fsp3) is 0.312. The van der Waals surface area contributed by atoms with Crippen molar-refractivity contribution in [3.05, 3.63) is 51.7 Å². The van der Waals surface area contributed by atoms with Crippen LogP contribution in [0.2, 0.25) is 0 Å². The van der Waals surface area contributed by atoms with E-state index in [4.69, 9.17) is 4.74 Å². The number of ether oxygens (including phenoxy) is 1. The lowest BCUT2D eigenvalue weighted by Crippen LogP contribution is -2.19. The van der Waals surface area contributed by atoms with Gasteiger partial charge < -0.3 is 10.1 Å². The van der Waals surface area contributed by atoms with Crippen LogP contribution in [0, 0.1) is 9.49 Å². The predicted molar refractivity (Wildman–Crippen MR) is 90.0 cm³/mol. The summed E-state index contributed by atoms with van der Waals surface area (Å²) in [6.07, 6.45) is 1.76. The van der Waals surface area contributed by atoms with Gasteiger partial charge in [-0.3, -0.25) is 0 Å². The highest BCUT2D eigenvalue weighted by Gasteiger charge is 2.06. The van der Waals surface area contributed by atoms with Gasteiger partial charge in [0, 0.05) is 21.9 Å². The largest absolute Gasteiger partial charge is 0.439 e. The normalized spacial score (nSPS) is 10.8. The summed E-state index contributed by atoms with van der Waals surface area (Å²) in [7, 11) is 0. The maximum atomic E-state index is 5.87. The maximum Gasteiger partial charge on any atom is 0.223 e. The molecule has 0 atom stereocenters. The molecule has 2 aromatic rings. The molecule has 0 bridgehead atoms. The highest BCUT2D eigenvalue weighted by atomic mass is 127. The summed E-state index contributed by atoms with van der Waals surface area (Å²) in [5, 5.41) is 3.42. The number of rotatable bonds is 6. The van der Waals surface area contributed by atoms with Crippen molar-refractivity contribution in [2.45, 2.75) is 20.4 Å². The van der Waals surface area contributed by atoms with Crippen molar-refractivity contribution in [2.24, 2.45) is 5.92 Å². The van der Waals surface area contributed by atoms with Crippen LogP contribution in [0.15, 0.2) is 42.6 Å². The van der Waals surface area contributed by atoms with Crippen LogP contribution < -0.4 is 10.1 Å². The molecule has 0 aliphatic carbocycles. The van der Waals surface area contributed by atoms with E-state index in [1.807, 2.05) is 36.4 Å². The molecule has 0 fully saturated rings. The van der Waals surface area contributed by atoms with Crippen LogP contribution in [0.4, 0.5) is 0 Å². The predicted octanol–water partition coefficient (Wildman–Crippen LogP) is 4.22. The molecule has 1 N–H and O–H groups in total. The lowest BCUT2D eigenvalue weighted by molar-refractivity contribution is 0.450. The van der Waals surface area contributed by atoms with Gasteiger partial charge in [-0.25, -0.2) is 4.98 Å². The van der Waals surface area contributed by atoms with E-state index in [-0.39, 0.29) is 0 Å². The van der Waals surface area contributed by atoms with Gasteiger partial charge in [0.25, 0.3) is 0 Å². The monoisotopic (exact) mass is 382 g/mol. The molecular formula is C16H19IN2O. The molecule has 0 spiro atoms. The third-order valence-electron chi connectivity index (χ3n) is 2.75. The molecule has 1 aromatic carbocycles. The second kappa shape index (κ2) is 7.59. The van der Waals surface area contributed by atoms with Gasteiger partial charge in [-0.1, -0.05) is 19.9 Å². The van der Waals surface area contributed by atoms with Crippen molar-refractivity contribution in [2.75, 3.05) is 6.54 Å². The standard InChI is InChI=1S/C16H19IN2O/c1-12(2)10-18-11-13-4-3-9-19-16(13)20-15-7-5-14(17)6-8-15/h3-9,12,18H,10-11H2,1-2H3. The van der Waals surface area contributed by atoms with Crippen LogP contribution in [-0.4, -0.2) is 11.5 Å². The molecule has 1 aromatic heterocycles. The van der Waals surface area contributed by atoms with Crippen molar-refractivity contribution in [1.29, 1.82) is 0 Å². The molecule has 0 unspecified atom stereocenters. The topological polar surface area (TPSA) is 34.2 Å². The lowest BCUT2D eigenvalue weighted by Gasteiger charge is -2.11. The number of pyridine rings is 1. The molecule has 3 nitrogen and oxygen atoms in total. The van der Waals surface area contributed by atoms with E-state index in [0.717, 1.165) is 24.4 Å². The molecule has 2 rings (SSSR count). The highest BCUT2D eigenvalue weighted by Crippen LogP contribution is 2.23. The van der Waals surface area contributed by atoms with E-state index in [1.165, 1.54) is 3.57 Å². The van der Waals surface area contributed by atoms with E-state index in [0.29, 0.717) is 11.8 Å². The Morgan fingerprint density at radius 3 is 2.65 bits per heavy atom. The van der Waals surface area contributed by atoms with Crippen LogP contribution in [0.3, 0.4) is 0 Å². The van der Waals surface area contributed by atoms with Crippen LogP contribution in [0.5, 0.6) is 11.6 Å². The summed E-state index contributed by atoms with van der Waals surface area (Å²) in [6, 6.07) is 11.9. The quantitative estimate of drug-likeness (QED) is 0.760. The fourth-order valence-electron chi connectivity index (χ4n) is 1.76. The number of halogens is 1. The first-order chi connectivity index (χ1) is 9.65. The first-order valence-corrected chi connectivity index (χ1v) is 7.81. The van der Waals surface area contributed by atoms with Crippen LogP contribution in [0.25, 0.3) is 0 Å². The highest BCUT2D eigenvalue weighted by molar-refractivity contribution is 14.1. The molecule has 0 aliphatic rings. The van der Waals surface area contributed by atoms with E-state index in [9.17, 15) is 0 Å². The molecular weight excluding hydrogens is 363 g/mol. The summed E-state index contributed by atoms with van der Waals surface area (Å²) in [6.45, 7) is 6.14. The van der Waals surface area contributed by atoms with Crippen molar-refractivity contribution in [3.63, 3.8) is 0 Å². The third kappa shape index (κ3) is 4.76. The molecule has 0 aliphatic heterocycles. The van der Waals surface area contributed by atoms with Gasteiger partial charge >= 0.3 is 0 Å². The van der Waals surface area contributed by atoms with Gasteiger partial charge in [-0.2, -0.15) is 0 Å². The van der Waals surface area contributed by atoms with Crippen molar-refractivity contribution in [1.82, 2.24) is 10.3 Å². The number of nitrogens with one attached hydrogen (secondary N) is 1. The molecule has 1 heterocycles. The minimum absolute atomic E-state index is 0.632. The maximum absolute atomic E-state index is 5.87. The Hall–Kier alpha value is -1.14. The Labute approximate surface area is 133 Å². The summed E-state index contributed by atoms with van der Waals surface area (Å²) in [4.78, 5) is 4.33. The van der Waals surface area contributed by atoms with Crippen LogP contribution in [-0.2, 0) is 6.54 Å². The molecule has 0 amide bonds. The third-order valence-corrected chi connectivity index (χ3v) is 3.47. The molecule has 0 saturated heterocycles. The molecule has 4 heteroatoms. The number of nitrogens with zero attached hydrogens (tertiary/aromatic N) is 1. The molecule has 0 radical (unpaired) electrons. The summed E-state index contributed by atoms with van der Waals surface area (Å²) >= 11 is 2.28. The second-order valence-corrected chi connectivity index (χ2v) is 6.29. The molecule has 0 saturated carbocycles. The van der Waals surface area contributed by atoms with Gasteiger partial charge in [0.15, 0.2) is 0 Å². The number of hydrogen-bond acceptors (Lipinski definition) is 3. The minimum atomic E-state index is 0.632. The lowest BCUT2D eigenvalue weighted by atomic mass is 10.2. The Morgan fingerprint density at radius 2 is 1.95 bits per heavy atom. The SMILES string of the molecule is CC(C)CNCc1cccnc1Oc1ccc(I)cc1. The number of hydrogen-bond donors (Lipinski definition) is 1. The van der Waals surface area contributed by atoms with Crippen LogP contribution >= 0.6 is 22.6 Å². The van der Waals surface area contributed by atoms with E-state index >= 15 is 0 Å². The Kier molecular flexibility index (Phi) is 5.79. The second-order valence-electron chi connectivity index (χ2n) is 5.05. The van der Waals surface area contributed by atoms with E-state index in [1.54, 1.807) is 6.20 Å². The Bertz CT molecular complexity index is 540. The van der Waals surface area contributed by atoms with Crippen LogP contribution in [0.1, 0.15) is 19.4 Å². The number of aromatic nitrogens is 1. The summed E-state index contributed by atoms with van der Waals surface area (Å²) in [5.74, 6) is 2.12. The van der Waals surface area contributed by atoms with Crippen molar-refractivity contribution >= 4 is 22.6 Å². The zero-order valence-corrected chi connectivity index (χ0v) is 13.9. The first kappa shape index (κ1) is 15.3. The zero-order chi connectivity index (χ0) is 14.4. The number of benzene rings is 1. The van der Waals surface area contributed by atoms with Gasteiger partial charge in [0.2, 0.25) is 5.88 Å². The van der Waals surface area contributed by atoms with Gasteiger partial charge in [-0.05, 0) is 65.4 Å². The van der Waals surface area contributed by atoms with E-state index in [2.05, 4.69) is 46.7 Å². The Balaban J connectivity index is 2.05. The van der Waals surface area contributed by atoms with Crippen molar-refractivity contribution < 1.29 is 4.74 Å². The average molecular weight is 382 g/mol.